The first-order valence-corrected chi connectivity index (χ1v) is 15.5. The lowest BCUT2D eigenvalue weighted by Crippen LogP contribution is -2.44. The maximum Gasteiger partial charge on any atom is 0.257 e. The predicted octanol–water partition coefficient (Wildman–Crippen LogP) is 8.11. The topological polar surface area (TPSA) is 80.2 Å². The number of aliphatic hydroxyl groups is 1. The molecule has 6 nitrogen and oxygen atoms in total. The predicted molar refractivity (Wildman–Crippen MR) is 184 cm³/mol. The lowest BCUT2D eigenvalue weighted by molar-refractivity contribution is -0.123. The van der Waals surface area contributed by atoms with E-state index in [-0.39, 0.29) is 12.5 Å². The van der Waals surface area contributed by atoms with E-state index >= 15 is 0 Å². The number of carbonyl (C=O) groups is 1. The summed E-state index contributed by atoms with van der Waals surface area (Å²) >= 11 is 0. The number of benzene rings is 5. The summed E-state index contributed by atoms with van der Waals surface area (Å²) in [5, 5.41) is 12.2. The number of hydrogen-bond donors (Lipinski definition) is 2. The van der Waals surface area contributed by atoms with Crippen LogP contribution in [0.4, 0.5) is 5.69 Å². The van der Waals surface area contributed by atoms with Gasteiger partial charge in [0.2, 0.25) is 5.90 Å². The summed E-state index contributed by atoms with van der Waals surface area (Å²) in [6.07, 6.45) is 4.17. The second-order valence-electron chi connectivity index (χ2n) is 11.1. The first-order valence-electron chi connectivity index (χ1n) is 15.5. The summed E-state index contributed by atoms with van der Waals surface area (Å²) in [4.78, 5) is 19.6. The van der Waals surface area contributed by atoms with Gasteiger partial charge >= 0.3 is 0 Å². The molecule has 0 unspecified atom stereocenters. The number of nitrogens with zero attached hydrogens (tertiary/aromatic N) is 1. The molecule has 2 N–H and O–H groups in total. The molecule has 5 aromatic carbocycles. The molecule has 1 aliphatic heterocycles. The van der Waals surface area contributed by atoms with E-state index < -0.39 is 11.6 Å². The van der Waals surface area contributed by atoms with Crippen molar-refractivity contribution in [3.8, 4) is 16.9 Å². The van der Waals surface area contributed by atoms with Crippen molar-refractivity contribution in [1.29, 1.82) is 0 Å². The van der Waals surface area contributed by atoms with Gasteiger partial charge in [-0.25, -0.2) is 4.99 Å². The molecule has 1 aliphatic rings. The normalized spacial score (nSPS) is 17.3. The molecule has 46 heavy (non-hydrogen) atoms. The van der Waals surface area contributed by atoms with Crippen molar-refractivity contribution in [3.63, 3.8) is 0 Å². The minimum Gasteiger partial charge on any atom is -0.494 e. The fourth-order valence-electron chi connectivity index (χ4n) is 5.50. The molecule has 0 aliphatic carbocycles. The van der Waals surface area contributed by atoms with E-state index in [4.69, 9.17) is 19.6 Å². The monoisotopic (exact) mass is 608 g/mol. The van der Waals surface area contributed by atoms with Crippen molar-refractivity contribution in [1.82, 2.24) is 0 Å². The first-order chi connectivity index (χ1) is 22.6. The second kappa shape index (κ2) is 14.5. The summed E-state index contributed by atoms with van der Waals surface area (Å²) < 4.78 is 12.4. The second-order valence-corrected chi connectivity index (χ2v) is 11.1. The smallest absolute Gasteiger partial charge is 0.257 e. The number of rotatable bonds is 12. The number of ether oxygens (including phenoxy) is 2. The fourth-order valence-corrected chi connectivity index (χ4v) is 5.50. The first kappa shape index (κ1) is 30.6. The number of hydrogen-bond acceptors (Lipinski definition) is 5. The molecular formula is C40H36N2O4. The Morgan fingerprint density at radius 2 is 1.39 bits per heavy atom. The van der Waals surface area contributed by atoms with Crippen LogP contribution in [0.5, 0.6) is 5.75 Å². The van der Waals surface area contributed by atoms with E-state index in [1.807, 2.05) is 127 Å². The van der Waals surface area contributed by atoms with Crippen molar-refractivity contribution in [2.24, 2.45) is 4.99 Å². The Hall–Kier alpha value is -5.46. The molecule has 230 valence electrons. The number of nitrogens with one attached hydrogen (secondary N) is 1. The largest absolute Gasteiger partial charge is 0.494 e. The van der Waals surface area contributed by atoms with Crippen LogP contribution in [0.3, 0.4) is 0 Å². The molecule has 5 aromatic rings. The van der Waals surface area contributed by atoms with E-state index in [0.717, 1.165) is 27.8 Å². The third-order valence-corrected chi connectivity index (χ3v) is 7.92. The lowest BCUT2D eigenvalue weighted by Gasteiger charge is -2.30. The maximum absolute atomic E-state index is 14.5. The van der Waals surface area contributed by atoms with Crippen LogP contribution in [0.25, 0.3) is 17.2 Å². The molecule has 0 bridgehead atoms. The Morgan fingerprint density at radius 1 is 0.783 bits per heavy atom. The molecule has 6 rings (SSSR count). The van der Waals surface area contributed by atoms with Gasteiger partial charge in [0.25, 0.3) is 5.91 Å². The van der Waals surface area contributed by atoms with Crippen molar-refractivity contribution < 1.29 is 19.4 Å². The van der Waals surface area contributed by atoms with Crippen LogP contribution >= 0.6 is 0 Å². The Balaban J connectivity index is 1.40. The number of amides is 1. The van der Waals surface area contributed by atoms with Crippen LogP contribution < -0.4 is 10.1 Å². The molecule has 6 heteroatoms. The van der Waals surface area contributed by atoms with Crippen LogP contribution in [-0.4, -0.2) is 35.7 Å². The Kier molecular flexibility index (Phi) is 9.66. The van der Waals surface area contributed by atoms with Gasteiger partial charge in [-0.2, -0.15) is 0 Å². The van der Waals surface area contributed by atoms with Crippen LogP contribution in [0.2, 0.25) is 0 Å². The van der Waals surface area contributed by atoms with Crippen molar-refractivity contribution in [2.45, 2.75) is 24.5 Å². The molecule has 0 saturated carbocycles. The van der Waals surface area contributed by atoms with Crippen molar-refractivity contribution >= 4 is 23.6 Å². The van der Waals surface area contributed by atoms with Crippen LogP contribution in [-0.2, 0) is 9.53 Å². The minimum atomic E-state index is -1.30. The van der Waals surface area contributed by atoms with Crippen LogP contribution in [0.1, 0.15) is 35.6 Å². The summed E-state index contributed by atoms with van der Waals surface area (Å²) in [5.41, 5.74) is 4.18. The molecule has 0 radical (unpaired) electrons. The molecule has 2 atom stereocenters. The van der Waals surface area contributed by atoms with Gasteiger partial charge in [-0.3, -0.25) is 4.79 Å². The molecule has 0 fully saturated rings. The average Bonchev–Trinajstić information content (AvgIpc) is 3.51. The molecular weight excluding hydrogens is 572 g/mol. The SMILES string of the molecule is O=C(Nc1ccccc1)[C@]1(C/C=C/c2ccccc2)N=C(c2ccc(OCCCO)cc2)O[C@@H]1c1ccc(-c2ccccc2)cc1. The van der Waals surface area contributed by atoms with Gasteiger partial charge in [-0.05, 0) is 58.7 Å². The lowest BCUT2D eigenvalue weighted by atomic mass is 9.83. The summed E-state index contributed by atoms with van der Waals surface area (Å²) in [6.45, 7) is 0.493. The molecule has 1 amide bonds. The molecule has 1 heterocycles. The highest BCUT2D eigenvalue weighted by Crippen LogP contribution is 2.44. The highest BCUT2D eigenvalue weighted by Gasteiger charge is 2.52. The zero-order valence-electron chi connectivity index (χ0n) is 25.5. The number of aliphatic imine (C=N–C) groups is 1. The molecule has 0 aromatic heterocycles. The van der Waals surface area contributed by atoms with E-state index in [1.54, 1.807) is 0 Å². The molecule has 0 spiro atoms. The number of aliphatic hydroxyl groups excluding tert-OH is 1. The van der Waals surface area contributed by atoms with Crippen LogP contribution in [0.15, 0.2) is 151 Å². The summed E-state index contributed by atoms with van der Waals surface area (Å²) in [5.74, 6) is 0.811. The van der Waals surface area contributed by atoms with E-state index in [9.17, 15) is 4.79 Å². The zero-order chi connectivity index (χ0) is 31.6. The number of para-hydroxylation sites is 1. The number of carbonyl (C=O) groups excluding carboxylic acids is 1. The van der Waals surface area contributed by atoms with E-state index in [0.29, 0.717) is 36.8 Å². The van der Waals surface area contributed by atoms with Gasteiger partial charge in [0.15, 0.2) is 11.6 Å². The Morgan fingerprint density at radius 3 is 2.07 bits per heavy atom. The van der Waals surface area contributed by atoms with Gasteiger partial charge in [-0.1, -0.05) is 115 Å². The van der Waals surface area contributed by atoms with Gasteiger partial charge in [-0.15, -0.1) is 0 Å². The van der Waals surface area contributed by atoms with Gasteiger partial charge in [0.05, 0.1) is 6.61 Å². The van der Waals surface area contributed by atoms with Crippen molar-refractivity contribution in [2.75, 3.05) is 18.5 Å². The van der Waals surface area contributed by atoms with Crippen molar-refractivity contribution in [3.05, 3.63) is 162 Å². The van der Waals surface area contributed by atoms with E-state index in [1.165, 1.54) is 0 Å². The third kappa shape index (κ3) is 7.09. The van der Waals surface area contributed by atoms with Gasteiger partial charge in [0, 0.05) is 30.7 Å². The summed E-state index contributed by atoms with van der Waals surface area (Å²) in [7, 11) is 0. The fraction of sp³-hybridized carbons (Fsp3) is 0.150. The highest BCUT2D eigenvalue weighted by molar-refractivity contribution is 6.05. The Bertz CT molecular complexity index is 1770. The molecule has 0 saturated heterocycles. The number of anilines is 1. The quantitative estimate of drug-likeness (QED) is 0.140. The Labute approximate surface area is 269 Å². The summed E-state index contributed by atoms with van der Waals surface area (Å²) in [6, 6.07) is 45.2. The van der Waals surface area contributed by atoms with Gasteiger partial charge in [0.1, 0.15) is 5.75 Å². The highest BCUT2D eigenvalue weighted by atomic mass is 16.5. The zero-order valence-corrected chi connectivity index (χ0v) is 25.5. The van der Waals surface area contributed by atoms with Crippen LogP contribution in [0, 0.1) is 0 Å². The van der Waals surface area contributed by atoms with E-state index in [2.05, 4.69) is 29.6 Å². The average molecular weight is 609 g/mol. The maximum atomic E-state index is 14.5. The standard InChI is InChI=1S/C40H36N2O4/c43-28-11-29-45-36-25-23-34(24-26-36)38-42-40(27-10-14-30-12-4-1-5-13-30,39(44)41-35-17-8-3-9-18-35)37(46-38)33-21-19-32(20-22-33)31-15-6-2-7-16-31/h1-10,12-26,37,43H,11,27-29H2,(H,41,44)/b14-10+/t37-,40-/m1/s1. The minimum absolute atomic E-state index is 0.0717. The van der Waals surface area contributed by atoms with Gasteiger partial charge < -0.3 is 19.9 Å². The third-order valence-electron chi connectivity index (χ3n) is 7.92.